The van der Waals surface area contributed by atoms with Gasteiger partial charge in [-0.1, -0.05) is 62.8 Å². The third-order valence-corrected chi connectivity index (χ3v) is 12.2. The minimum atomic E-state index is -1.03. The number of aliphatic hydroxyl groups is 1. The number of allylic oxidation sites excluding steroid dienone is 1. The third kappa shape index (κ3) is 6.98. The number of aliphatic carboxylic acids is 1. The Hall–Kier alpha value is -2.38. The number of unbranched alkanes of at least 4 members (excludes halogenated alkanes) is 1. The number of amides is 1. The Kier molecular flexibility index (Phi) is 10.2. The standard InChI is InChI=1S/C36H54N2O5/c1-24(22-37-20-8-7-11-32(33(40)41)38-34(42)43-23-25-9-5-4-6-10-25)29-14-15-30-28-13-12-26-21-27(39)16-18-35(26,2)31(28)17-19-36(29,30)3/h4-6,9-10,12,24,27-32,37,39H,7-8,11,13-23H2,1-3H3,(H,38,42)(H,40,41)/t24-,27+,28?,29-,30+,31+,32+,35+,36-/m1/s1. The summed E-state index contributed by atoms with van der Waals surface area (Å²) < 4.78 is 5.20. The molecule has 7 nitrogen and oxygen atoms in total. The molecular weight excluding hydrogens is 540 g/mol. The molecule has 0 aromatic heterocycles. The van der Waals surface area contributed by atoms with Crippen LogP contribution in [0.25, 0.3) is 0 Å². The first-order chi connectivity index (χ1) is 20.6. The van der Waals surface area contributed by atoms with Gasteiger partial charge in [-0.3, -0.25) is 0 Å². The normalized spacial score (nSPS) is 34.6. The number of ether oxygens (including phenoxy) is 1. The molecule has 43 heavy (non-hydrogen) atoms. The molecular formula is C36H54N2O5. The molecule has 238 valence electrons. The molecule has 9 atom stereocenters. The number of nitrogens with one attached hydrogen (secondary N) is 2. The number of carbonyl (C=O) groups excluding carboxylic acids is 1. The number of carboxylic acid groups (broad SMARTS) is 1. The average molecular weight is 595 g/mol. The van der Waals surface area contributed by atoms with Crippen molar-refractivity contribution in [3.63, 3.8) is 0 Å². The first-order valence-corrected chi connectivity index (χ1v) is 16.9. The van der Waals surface area contributed by atoms with Crippen LogP contribution in [0.2, 0.25) is 0 Å². The van der Waals surface area contributed by atoms with Crippen LogP contribution in [0.1, 0.15) is 97.0 Å². The van der Waals surface area contributed by atoms with Gasteiger partial charge in [0.15, 0.2) is 0 Å². The molecule has 0 heterocycles. The average Bonchev–Trinajstić information content (AvgIpc) is 3.35. The molecule has 1 amide bonds. The Morgan fingerprint density at radius 1 is 1.05 bits per heavy atom. The summed E-state index contributed by atoms with van der Waals surface area (Å²) in [4.78, 5) is 23.8. The SMILES string of the molecule is C[C@H](CNCCCC[C@H](NC(=O)OCc1ccccc1)C(=O)O)[C@H]1CC[C@H]2C3CC=C4C[C@@H](O)CC[C@]4(C)[C@H]3CC[C@]12C. The van der Waals surface area contributed by atoms with Gasteiger partial charge in [0.25, 0.3) is 0 Å². The van der Waals surface area contributed by atoms with Crippen molar-refractivity contribution in [3.05, 3.63) is 47.5 Å². The van der Waals surface area contributed by atoms with E-state index in [9.17, 15) is 19.8 Å². The van der Waals surface area contributed by atoms with Crippen LogP contribution < -0.4 is 10.6 Å². The van der Waals surface area contributed by atoms with Crippen LogP contribution in [0.5, 0.6) is 0 Å². The molecule has 0 spiro atoms. The quantitative estimate of drug-likeness (QED) is 0.158. The number of carboxylic acids is 1. The van der Waals surface area contributed by atoms with Crippen LogP contribution in [-0.4, -0.2) is 47.5 Å². The monoisotopic (exact) mass is 594 g/mol. The van der Waals surface area contributed by atoms with E-state index in [-0.39, 0.29) is 12.7 Å². The number of rotatable bonds is 12. The lowest BCUT2D eigenvalue weighted by molar-refractivity contribution is -0.139. The third-order valence-electron chi connectivity index (χ3n) is 12.2. The van der Waals surface area contributed by atoms with Crippen molar-refractivity contribution in [2.24, 2.45) is 40.4 Å². The molecule has 0 saturated heterocycles. The maximum Gasteiger partial charge on any atom is 0.408 e. The minimum absolute atomic E-state index is 0.117. The fraction of sp³-hybridized carbons (Fsp3) is 0.722. The predicted molar refractivity (Wildman–Crippen MR) is 168 cm³/mol. The van der Waals surface area contributed by atoms with E-state index in [4.69, 9.17) is 4.74 Å². The van der Waals surface area contributed by atoms with Crippen LogP contribution in [0.4, 0.5) is 4.79 Å². The van der Waals surface area contributed by atoms with E-state index >= 15 is 0 Å². The van der Waals surface area contributed by atoms with Crippen molar-refractivity contribution < 1.29 is 24.5 Å². The zero-order chi connectivity index (χ0) is 30.6. The maximum absolute atomic E-state index is 12.1. The fourth-order valence-corrected chi connectivity index (χ4v) is 9.85. The molecule has 0 aliphatic heterocycles. The summed E-state index contributed by atoms with van der Waals surface area (Å²) in [6.07, 6.45) is 13.2. The molecule has 4 aliphatic carbocycles. The zero-order valence-electron chi connectivity index (χ0n) is 26.5. The van der Waals surface area contributed by atoms with Crippen LogP contribution in [0.15, 0.2) is 42.0 Å². The number of aliphatic hydroxyl groups excluding tert-OH is 1. The van der Waals surface area contributed by atoms with Gasteiger partial charge < -0.3 is 25.6 Å². The molecule has 0 radical (unpaired) electrons. The highest BCUT2D eigenvalue weighted by Gasteiger charge is 2.59. The highest BCUT2D eigenvalue weighted by Crippen LogP contribution is 2.67. The van der Waals surface area contributed by atoms with Crippen molar-refractivity contribution in [2.45, 2.75) is 110 Å². The second-order valence-electron chi connectivity index (χ2n) is 14.7. The van der Waals surface area contributed by atoms with E-state index in [1.165, 1.54) is 32.1 Å². The lowest BCUT2D eigenvalue weighted by Crippen LogP contribution is -2.51. The van der Waals surface area contributed by atoms with E-state index in [0.717, 1.165) is 74.4 Å². The van der Waals surface area contributed by atoms with Crippen molar-refractivity contribution in [1.29, 1.82) is 0 Å². The van der Waals surface area contributed by atoms with Gasteiger partial charge in [0, 0.05) is 0 Å². The zero-order valence-corrected chi connectivity index (χ0v) is 26.5. The number of fused-ring (bicyclic) bond motifs is 5. The second kappa shape index (κ2) is 13.7. The van der Waals surface area contributed by atoms with Crippen LogP contribution in [0, 0.1) is 40.4 Å². The van der Waals surface area contributed by atoms with E-state index in [1.807, 2.05) is 30.3 Å². The Bertz CT molecular complexity index is 1140. The lowest BCUT2D eigenvalue weighted by Gasteiger charge is -2.58. The number of hydrogen-bond acceptors (Lipinski definition) is 5. The molecule has 7 heteroatoms. The summed E-state index contributed by atoms with van der Waals surface area (Å²) in [5.74, 6) is 2.69. The van der Waals surface area contributed by atoms with Gasteiger partial charge in [-0.25, -0.2) is 9.59 Å². The van der Waals surface area contributed by atoms with Crippen molar-refractivity contribution in [3.8, 4) is 0 Å². The van der Waals surface area contributed by atoms with Crippen molar-refractivity contribution in [2.75, 3.05) is 13.1 Å². The molecule has 1 unspecified atom stereocenters. The van der Waals surface area contributed by atoms with Gasteiger partial charge >= 0.3 is 12.1 Å². The van der Waals surface area contributed by atoms with E-state index in [2.05, 4.69) is 37.5 Å². The predicted octanol–water partition coefficient (Wildman–Crippen LogP) is 6.70. The molecule has 4 aliphatic rings. The van der Waals surface area contributed by atoms with Crippen LogP contribution >= 0.6 is 0 Å². The van der Waals surface area contributed by atoms with Gasteiger partial charge in [0.1, 0.15) is 12.6 Å². The van der Waals surface area contributed by atoms with Gasteiger partial charge in [-0.05, 0) is 130 Å². The summed E-state index contributed by atoms with van der Waals surface area (Å²) in [6.45, 7) is 9.49. The molecule has 4 N–H and O–H groups in total. The first-order valence-electron chi connectivity index (χ1n) is 16.9. The molecule has 1 aromatic carbocycles. The fourth-order valence-electron chi connectivity index (χ4n) is 9.85. The number of hydrogen-bond donors (Lipinski definition) is 4. The Morgan fingerprint density at radius 2 is 1.84 bits per heavy atom. The maximum atomic E-state index is 12.1. The van der Waals surface area contributed by atoms with Gasteiger partial charge in [0.05, 0.1) is 6.10 Å². The van der Waals surface area contributed by atoms with E-state index in [1.54, 1.807) is 5.57 Å². The van der Waals surface area contributed by atoms with Gasteiger partial charge in [-0.2, -0.15) is 0 Å². The summed E-state index contributed by atoms with van der Waals surface area (Å²) in [6, 6.07) is 8.41. The summed E-state index contributed by atoms with van der Waals surface area (Å²) >= 11 is 0. The summed E-state index contributed by atoms with van der Waals surface area (Å²) in [5.41, 5.74) is 3.12. The Labute approximate surface area is 258 Å². The number of carbonyl (C=O) groups is 2. The van der Waals surface area contributed by atoms with E-state index in [0.29, 0.717) is 23.2 Å². The molecule has 0 bridgehead atoms. The highest BCUT2D eigenvalue weighted by molar-refractivity contribution is 5.79. The smallest absolute Gasteiger partial charge is 0.408 e. The second-order valence-corrected chi connectivity index (χ2v) is 14.7. The lowest BCUT2D eigenvalue weighted by atomic mass is 9.47. The van der Waals surface area contributed by atoms with Crippen LogP contribution in [0.3, 0.4) is 0 Å². The first kappa shape index (κ1) is 32.0. The van der Waals surface area contributed by atoms with Gasteiger partial charge in [-0.15, -0.1) is 0 Å². The molecule has 1 aromatic rings. The highest BCUT2D eigenvalue weighted by atomic mass is 16.5. The Balaban J connectivity index is 1.03. The van der Waals surface area contributed by atoms with Gasteiger partial charge in [0.2, 0.25) is 0 Å². The Morgan fingerprint density at radius 3 is 2.60 bits per heavy atom. The summed E-state index contributed by atoms with van der Waals surface area (Å²) in [7, 11) is 0. The number of benzene rings is 1. The largest absolute Gasteiger partial charge is 0.480 e. The van der Waals surface area contributed by atoms with Crippen molar-refractivity contribution >= 4 is 12.1 Å². The minimum Gasteiger partial charge on any atom is -0.480 e. The summed E-state index contributed by atoms with van der Waals surface area (Å²) in [5, 5.41) is 26.1. The van der Waals surface area contributed by atoms with E-state index < -0.39 is 18.1 Å². The van der Waals surface area contributed by atoms with Crippen LogP contribution in [-0.2, 0) is 16.1 Å². The molecule has 5 rings (SSSR count). The number of alkyl carbamates (subject to hydrolysis) is 1. The molecule has 3 saturated carbocycles. The molecule has 3 fully saturated rings. The van der Waals surface area contributed by atoms with Crippen molar-refractivity contribution in [1.82, 2.24) is 10.6 Å². The topological polar surface area (TPSA) is 108 Å².